The van der Waals surface area contributed by atoms with E-state index in [-0.39, 0.29) is 18.4 Å². The van der Waals surface area contributed by atoms with Crippen molar-refractivity contribution in [2.24, 2.45) is 0 Å². The molecule has 1 aromatic heterocycles. The predicted octanol–water partition coefficient (Wildman–Crippen LogP) is 1.67. The van der Waals surface area contributed by atoms with Gasteiger partial charge in [0.15, 0.2) is 0 Å². The fourth-order valence-electron chi connectivity index (χ4n) is 4.24. The lowest BCUT2D eigenvalue weighted by Crippen LogP contribution is -2.52. The number of rotatable bonds is 7. The minimum atomic E-state index is -0.990. The molecular formula is C24H29N5O3. The lowest BCUT2D eigenvalue weighted by atomic mass is 9.93. The number of aromatic nitrogens is 1. The summed E-state index contributed by atoms with van der Waals surface area (Å²) in [5.74, 6) is -0.521. The van der Waals surface area contributed by atoms with Gasteiger partial charge in [-0.25, -0.2) is 4.79 Å². The average molecular weight is 436 g/mol. The first-order valence-electron chi connectivity index (χ1n) is 11.0. The molecule has 1 aromatic carbocycles. The number of piperazine rings is 1. The van der Waals surface area contributed by atoms with Crippen molar-refractivity contribution in [2.75, 3.05) is 32.7 Å². The maximum Gasteiger partial charge on any atom is 0.325 e. The van der Waals surface area contributed by atoms with Gasteiger partial charge in [0.05, 0.1) is 0 Å². The van der Waals surface area contributed by atoms with Crippen molar-refractivity contribution in [3.8, 4) is 0 Å². The molecule has 0 radical (unpaired) electrons. The van der Waals surface area contributed by atoms with Gasteiger partial charge in [0.2, 0.25) is 5.91 Å². The highest BCUT2D eigenvalue weighted by atomic mass is 16.2. The standard InChI is InChI=1S/C24H29N5O3/c1-24(10-7-19-5-3-2-4-6-19)22(31)29(23(32)26-24)18-21(30)28-15-13-27(14-16-28)17-20-8-11-25-12-9-20/h2-6,8-9,11-12H,7,10,13-18H2,1H3,(H,26,32). The second-order valence-corrected chi connectivity index (χ2v) is 8.65. The molecule has 8 nitrogen and oxygen atoms in total. The van der Waals surface area contributed by atoms with Crippen LogP contribution in [0.25, 0.3) is 0 Å². The molecule has 0 aliphatic carbocycles. The van der Waals surface area contributed by atoms with Crippen molar-refractivity contribution in [2.45, 2.75) is 31.8 Å². The minimum absolute atomic E-state index is 0.190. The van der Waals surface area contributed by atoms with Crippen molar-refractivity contribution in [3.05, 3.63) is 66.0 Å². The average Bonchev–Trinajstić information content (AvgIpc) is 3.03. The molecule has 8 heteroatoms. The molecule has 1 unspecified atom stereocenters. The lowest BCUT2D eigenvalue weighted by molar-refractivity contribution is -0.139. The summed E-state index contributed by atoms with van der Waals surface area (Å²) in [6.07, 6.45) is 4.71. The van der Waals surface area contributed by atoms with Gasteiger partial charge in [0, 0.05) is 45.1 Å². The number of nitrogens with zero attached hydrogens (tertiary/aromatic N) is 4. The Balaban J connectivity index is 1.28. The maximum atomic E-state index is 13.0. The first-order valence-corrected chi connectivity index (χ1v) is 11.0. The predicted molar refractivity (Wildman–Crippen MR) is 120 cm³/mol. The zero-order valence-electron chi connectivity index (χ0n) is 18.4. The molecule has 2 fully saturated rings. The first-order chi connectivity index (χ1) is 15.4. The molecule has 1 atom stereocenters. The molecular weight excluding hydrogens is 406 g/mol. The van der Waals surface area contributed by atoms with Gasteiger partial charge in [0.25, 0.3) is 5.91 Å². The summed E-state index contributed by atoms with van der Waals surface area (Å²) >= 11 is 0. The normalized spacial score (nSPS) is 21.7. The molecule has 4 rings (SSSR count). The Morgan fingerprint density at radius 1 is 1.00 bits per heavy atom. The molecule has 3 heterocycles. The van der Waals surface area contributed by atoms with Crippen LogP contribution >= 0.6 is 0 Å². The third kappa shape index (κ3) is 4.96. The number of urea groups is 1. The van der Waals surface area contributed by atoms with E-state index in [1.807, 2.05) is 42.5 Å². The number of nitrogens with one attached hydrogen (secondary N) is 1. The van der Waals surface area contributed by atoms with E-state index in [0.717, 1.165) is 30.1 Å². The second kappa shape index (κ2) is 9.48. The third-order valence-corrected chi connectivity index (χ3v) is 6.28. The summed E-state index contributed by atoms with van der Waals surface area (Å²) in [6.45, 7) is 5.01. The molecule has 2 aromatic rings. The van der Waals surface area contributed by atoms with E-state index in [9.17, 15) is 14.4 Å². The molecule has 1 N–H and O–H groups in total. The van der Waals surface area contributed by atoms with E-state index in [1.54, 1.807) is 24.2 Å². The fourth-order valence-corrected chi connectivity index (χ4v) is 4.24. The van der Waals surface area contributed by atoms with E-state index in [1.165, 1.54) is 5.56 Å². The summed E-state index contributed by atoms with van der Waals surface area (Å²) in [5.41, 5.74) is 1.31. The largest absolute Gasteiger partial charge is 0.339 e. The van der Waals surface area contributed by atoms with Crippen molar-refractivity contribution < 1.29 is 14.4 Å². The van der Waals surface area contributed by atoms with Crippen molar-refractivity contribution >= 4 is 17.8 Å². The van der Waals surface area contributed by atoms with Crippen LogP contribution in [0.2, 0.25) is 0 Å². The summed E-state index contributed by atoms with van der Waals surface area (Å²) in [6, 6.07) is 13.3. The number of carbonyl (C=O) groups is 3. The van der Waals surface area contributed by atoms with E-state index in [2.05, 4.69) is 15.2 Å². The third-order valence-electron chi connectivity index (χ3n) is 6.28. The Kier molecular flexibility index (Phi) is 6.50. The summed E-state index contributed by atoms with van der Waals surface area (Å²) in [4.78, 5) is 47.4. The highest BCUT2D eigenvalue weighted by Gasteiger charge is 2.48. The Morgan fingerprint density at radius 2 is 1.69 bits per heavy atom. The first kappa shape index (κ1) is 22.0. The van der Waals surface area contributed by atoms with E-state index in [0.29, 0.717) is 25.9 Å². The number of pyridine rings is 1. The van der Waals surface area contributed by atoms with Crippen LogP contribution in [0.1, 0.15) is 24.5 Å². The number of hydrogen-bond acceptors (Lipinski definition) is 5. The molecule has 2 aliphatic heterocycles. The Hall–Kier alpha value is -3.26. The van der Waals surface area contributed by atoms with Gasteiger partial charge in [-0.2, -0.15) is 0 Å². The fraction of sp³-hybridized carbons (Fsp3) is 0.417. The molecule has 2 saturated heterocycles. The van der Waals surface area contributed by atoms with Crippen LogP contribution in [-0.2, 0) is 22.6 Å². The number of amides is 4. The van der Waals surface area contributed by atoms with Crippen molar-refractivity contribution in [3.63, 3.8) is 0 Å². The van der Waals surface area contributed by atoms with Gasteiger partial charge in [0.1, 0.15) is 12.1 Å². The van der Waals surface area contributed by atoms with Gasteiger partial charge < -0.3 is 10.2 Å². The number of hydrogen-bond donors (Lipinski definition) is 1. The van der Waals surface area contributed by atoms with E-state index in [4.69, 9.17) is 0 Å². The highest BCUT2D eigenvalue weighted by molar-refractivity contribution is 6.08. The Labute approximate surface area is 188 Å². The van der Waals surface area contributed by atoms with Crippen molar-refractivity contribution in [1.82, 2.24) is 25.0 Å². The smallest absolute Gasteiger partial charge is 0.325 e. The van der Waals surface area contributed by atoms with Gasteiger partial charge >= 0.3 is 6.03 Å². The number of benzene rings is 1. The molecule has 0 bridgehead atoms. The topological polar surface area (TPSA) is 85.8 Å². The number of aryl methyl sites for hydroxylation is 1. The van der Waals surface area contributed by atoms with Crippen LogP contribution in [0.4, 0.5) is 4.79 Å². The quantitative estimate of drug-likeness (QED) is 0.669. The monoisotopic (exact) mass is 435 g/mol. The van der Waals surface area contributed by atoms with Crippen LogP contribution in [0.15, 0.2) is 54.9 Å². The maximum absolute atomic E-state index is 13.0. The van der Waals surface area contributed by atoms with Crippen LogP contribution in [0.3, 0.4) is 0 Å². The molecule has 0 spiro atoms. The Bertz CT molecular complexity index is 960. The summed E-state index contributed by atoms with van der Waals surface area (Å²) < 4.78 is 0. The number of imide groups is 1. The minimum Gasteiger partial charge on any atom is -0.339 e. The van der Waals surface area contributed by atoms with Gasteiger partial charge in [-0.05, 0) is 43.0 Å². The molecule has 168 valence electrons. The zero-order valence-corrected chi connectivity index (χ0v) is 18.4. The number of carbonyl (C=O) groups excluding carboxylic acids is 3. The Morgan fingerprint density at radius 3 is 2.38 bits per heavy atom. The van der Waals surface area contributed by atoms with Crippen LogP contribution < -0.4 is 5.32 Å². The van der Waals surface area contributed by atoms with Gasteiger partial charge in [-0.3, -0.25) is 24.4 Å². The van der Waals surface area contributed by atoms with Crippen LogP contribution in [0.5, 0.6) is 0 Å². The van der Waals surface area contributed by atoms with Crippen LogP contribution in [0, 0.1) is 0 Å². The summed E-state index contributed by atoms with van der Waals surface area (Å²) in [7, 11) is 0. The lowest BCUT2D eigenvalue weighted by Gasteiger charge is -2.35. The summed E-state index contributed by atoms with van der Waals surface area (Å²) in [5, 5.41) is 2.80. The molecule has 32 heavy (non-hydrogen) atoms. The van der Waals surface area contributed by atoms with Crippen molar-refractivity contribution in [1.29, 1.82) is 0 Å². The van der Waals surface area contributed by atoms with E-state index < -0.39 is 11.6 Å². The SMILES string of the molecule is CC1(CCc2ccccc2)NC(=O)N(CC(=O)N2CCN(Cc3ccncc3)CC2)C1=O. The molecule has 2 aliphatic rings. The second-order valence-electron chi connectivity index (χ2n) is 8.65. The molecule has 0 saturated carbocycles. The zero-order chi connectivity index (χ0) is 22.6. The van der Waals surface area contributed by atoms with Gasteiger partial charge in [-0.1, -0.05) is 30.3 Å². The van der Waals surface area contributed by atoms with Gasteiger partial charge in [-0.15, -0.1) is 0 Å². The van der Waals surface area contributed by atoms with Crippen LogP contribution in [-0.4, -0.2) is 75.8 Å². The highest BCUT2D eigenvalue weighted by Crippen LogP contribution is 2.23. The molecule has 4 amide bonds. The van der Waals surface area contributed by atoms with E-state index >= 15 is 0 Å².